The lowest BCUT2D eigenvalue weighted by atomic mass is 10.1. The number of fused-ring (bicyclic) bond motifs is 3. The van der Waals surface area contributed by atoms with Crippen molar-refractivity contribution in [2.75, 3.05) is 0 Å². The predicted octanol–water partition coefficient (Wildman–Crippen LogP) is 3.13. The van der Waals surface area contributed by atoms with Crippen molar-refractivity contribution < 1.29 is 0 Å². The lowest BCUT2D eigenvalue weighted by Crippen LogP contribution is -2.34. The van der Waals surface area contributed by atoms with Crippen molar-refractivity contribution in [3.8, 4) is 5.69 Å². The Balaban J connectivity index is 2.23. The molecule has 0 fully saturated rings. The highest BCUT2D eigenvalue weighted by atomic mass is 35.5. The van der Waals surface area contributed by atoms with Crippen LogP contribution in [0.4, 0.5) is 0 Å². The fraction of sp³-hybridized carbons (Fsp3) is 0.111. The molecular formula is C18H14ClN3O2. The van der Waals surface area contributed by atoms with Gasteiger partial charge < -0.3 is 9.55 Å². The molecule has 0 aliphatic heterocycles. The van der Waals surface area contributed by atoms with Crippen LogP contribution in [0.2, 0.25) is 5.02 Å². The maximum atomic E-state index is 13.0. The SMILES string of the molecule is Cc1ccc2c(c1)c1[nH]c(=O)n(-c3ccccc3Cl)c(=O)c1n2C. The summed E-state index contributed by atoms with van der Waals surface area (Å²) in [6.07, 6.45) is 0. The normalized spacial score (nSPS) is 11.5. The van der Waals surface area contributed by atoms with Crippen molar-refractivity contribution >= 4 is 33.5 Å². The molecule has 2 heterocycles. The fourth-order valence-electron chi connectivity index (χ4n) is 3.15. The molecule has 2 aromatic carbocycles. The summed E-state index contributed by atoms with van der Waals surface area (Å²) in [7, 11) is 1.82. The number of H-pyrrole nitrogens is 1. The molecule has 0 unspecified atom stereocenters. The molecule has 2 aromatic heterocycles. The summed E-state index contributed by atoms with van der Waals surface area (Å²) in [6.45, 7) is 1.97. The lowest BCUT2D eigenvalue weighted by Gasteiger charge is -2.07. The molecule has 4 aromatic rings. The summed E-state index contributed by atoms with van der Waals surface area (Å²) >= 11 is 6.17. The van der Waals surface area contributed by atoms with Crippen molar-refractivity contribution in [1.29, 1.82) is 0 Å². The van der Waals surface area contributed by atoms with Crippen LogP contribution in [0, 0.1) is 6.92 Å². The minimum Gasteiger partial charge on any atom is -0.338 e. The van der Waals surface area contributed by atoms with Crippen molar-refractivity contribution in [3.63, 3.8) is 0 Å². The number of para-hydroxylation sites is 1. The van der Waals surface area contributed by atoms with Gasteiger partial charge in [0.25, 0.3) is 5.56 Å². The Bertz CT molecular complexity index is 1230. The summed E-state index contributed by atoms with van der Waals surface area (Å²) in [5.74, 6) is 0. The van der Waals surface area contributed by atoms with Crippen LogP contribution in [0.15, 0.2) is 52.1 Å². The molecule has 0 spiro atoms. The lowest BCUT2D eigenvalue weighted by molar-refractivity contribution is 0.881. The topological polar surface area (TPSA) is 59.8 Å². The Morgan fingerprint density at radius 2 is 1.83 bits per heavy atom. The van der Waals surface area contributed by atoms with Crippen molar-refractivity contribution in [2.45, 2.75) is 6.92 Å². The Kier molecular flexibility index (Phi) is 3.15. The van der Waals surface area contributed by atoms with Gasteiger partial charge in [-0.25, -0.2) is 9.36 Å². The number of rotatable bonds is 1. The summed E-state index contributed by atoms with van der Waals surface area (Å²) in [4.78, 5) is 28.5. The van der Waals surface area contributed by atoms with Gasteiger partial charge in [-0.2, -0.15) is 0 Å². The van der Waals surface area contributed by atoms with Crippen molar-refractivity contribution in [2.24, 2.45) is 7.05 Å². The molecule has 120 valence electrons. The molecule has 0 amide bonds. The van der Waals surface area contributed by atoms with E-state index < -0.39 is 11.2 Å². The van der Waals surface area contributed by atoms with Crippen LogP contribution in [-0.2, 0) is 7.05 Å². The van der Waals surface area contributed by atoms with Crippen LogP contribution < -0.4 is 11.2 Å². The van der Waals surface area contributed by atoms with Gasteiger partial charge in [-0.15, -0.1) is 0 Å². The molecule has 0 aliphatic carbocycles. The smallest absolute Gasteiger partial charge is 0.333 e. The van der Waals surface area contributed by atoms with Gasteiger partial charge in [0, 0.05) is 12.4 Å². The maximum absolute atomic E-state index is 13.0. The zero-order valence-electron chi connectivity index (χ0n) is 13.1. The van der Waals surface area contributed by atoms with E-state index in [0.29, 0.717) is 21.7 Å². The van der Waals surface area contributed by atoms with E-state index in [0.717, 1.165) is 21.0 Å². The minimum absolute atomic E-state index is 0.346. The highest BCUT2D eigenvalue weighted by molar-refractivity contribution is 6.32. The second kappa shape index (κ2) is 5.11. The number of nitrogens with zero attached hydrogens (tertiary/aromatic N) is 2. The predicted molar refractivity (Wildman–Crippen MR) is 96.4 cm³/mol. The van der Waals surface area contributed by atoms with Gasteiger partial charge >= 0.3 is 5.69 Å². The highest BCUT2D eigenvalue weighted by Crippen LogP contribution is 2.25. The van der Waals surface area contributed by atoms with Crippen LogP contribution in [-0.4, -0.2) is 14.1 Å². The van der Waals surface area contributed by atoms with E-state index in [-0.39, 0.29) is 0 Å². The standard InChI is InChI=1S/C18H14ClN3O2/c1-10-7-8-13-11(9-10)15-16(21(13)2)17(23)22(18(24)20-15)14-6-4-3-5-12(14)19/h3-9H,1-2H3,(H,20,24). The zero-order chi connectivity index (χ0) is 17.0. The van der Waals surface area contributed by atoms with E-state index in [9.17, 15) is 9.59 Å². The molecule has 0 atom stereocenters. The second-order valence-corrected chi connectivity index (χ2v) is 6.23. The van der Waals surface area contributed by atoms with E-state index in [1.54, 1.807) is 28.8 Å². The van der Waals surface area contributed by atoms with Gasteiger partial charge in [0.15, 0.2) is 0 Å². The molecule has 5 nitrogen and oxygen atoms in total. The molecule has 24 heavy (non-hydrogen) atoms. The zero-order valence-corrected chi connectivity index (χ0v) is 13.9. The van der Waals surface area contributed by atoms with E-state index in [2.05, 4.69) is 4.98 Å². The summed E-state index contributed by atoms with van der Waals surface area (Å²) in [5, 5.41) is 1.20. The number of nitrogens with one attached hydrogen (secondary N) is 1. The summed E-state index contributed by atoms with van der Waals surface area (Å²) in [5.41, 5.74) is 2.41. The van der Waals surface area contributed by atoms with Crippen LogP contribution in [0.5, 0.6) is 0 Å². The summed E-state index contributed by atoms with van der Waals surface area (Å²) < 4.78 is 2.88. The number of hydrogen-bond acceptors (Lipinski definition) is 2. The third-order valence-electron chi connectivity index (χ3n) is 4.29. The van der Waals surface area contributed by atoms with Crippen LogP contribution in [0.3, 0.4) is 0 Å². The molecule has 0 bridgehead atoms. The first kappa shape index (κ1) is 14.8. The third kappa shape index (κ3) is 1.95. The number of aromatic nitrogens is 3. The minimum atomic E-state index is -0.505. The number of halogens is 1. The highest BCUT2D eigenvalue weighted by Gasteiger charge is 2.17. The number of aryl methyl sites for hydroxylation is 2. The number of aromatic amines is 1. The Morgan fingerprint density at radius 1 is 1.08 bits per heavy atom. The Morgan fingerprint density at radius 3 is 2.58 bits per heavy atom. The van der Waals surface area contributed by atoms with Gasteiger partial charge in [-0.1, -0.05) is 35.4 Å². The first-order valence-corrected chi connectivity index (χ1v) is 7.86. The van der Waals surface area contributed by atoms with Crippen LogP contribution in [0.25, 0.3) is 27.6 Å². The first-order valence-electron chi connectivity index (χ1n) is 7.48. The number of benzene rings is 2. The molecular weight excluding hydrogens is 326 g/mol. The average molecular weight is 340 g/mol. The molecule has 0 saturated heterocycles. The molecule has 4 rings (SSSR count). The van der Waals surface area contributed by atoms with Gasteiger partial charge in [-0.05, 0) is 31.2 Å². The fourth-order valence-corrected chi connectivity index (χ4v) is 3.37. The van der Waals surface area contributed by atoms with Crippen LogP contribution >= 0.6 is 11.6 Å². The van der Waals surface area contributed by atoms with E-state index >= 15 is 0 Å². The molecule has 0 radical (unpaired) electrons. The molecule has 0 saturated carbocycles. The molecule has 6 heteroatoms. The molecule has 1 N–H and O–H groups in total. The quantitative estimate of drug-likeness (QED) is 0.579. The van der Waals surface area contributed by atoms with Gasteiger partial charge in [-0.3, -0.25) is 4.79 Å². The monoisotopic (exact) mass is 339 g/mol. The third-order valence-corrected chi connectivity index (χ3v) is 4.61. The largest absolute Gasteiger partial charge is 0.338 e. The number of hydrogen-bond donors (Lipinski definition) is 1. The van der Waals surface area contributed by atoms with Crippen molar-refractivity contribution in [1.82, 2.24) is 14.1 Å². The van der Waals surface area contributed by atoms with Crippen molar-refractivity contribution in [3.05, 3.63) is 73.9 Å². The van der Waals surface area contributed by atoms with Crippen LogP contribution in [0.1, 0.15) is 5.56 Å². The van der Waals surface area contributed by atoms with Gasteiger partial charge in [0.05, 0.1) is 21.7 Å². The van der Waals surface area contributed by atoms with E-state index in [1.807, 2.05) is 32.2 Å². The van der Waals surface area contributed by atoms with E-state index in [1.165, 1.54) is 0 Å². The maximum Gasteiger partial charge on any atom is 0.333 e. The molecule has 0 aliphatic rings. The Hall–Kier alpha value is -2.79. The first-order chi connectivity index (χ1) is 11.5. The van der Waals surface area contributed by atoms with Gasteiger partial charge in [0.1, 0.15) is 5.52 Å². The van der Waals surface area contributed by atoms with Gasteiger partial charge in [0.2, 0.25) is 0 Å². The Labute approximate surface area is 141 Å². The summed E-state index contributed by atoms with van der Waals surface area (Å²) in [6, 6.07) is 12.7. The van der Waals surface area contributed by atoms with E-state index in [4.69, 9.17) is 11.6 Å². The average Bonchev–Trinajstić information content (AvgIpc) is 2.81. The second-order valence-electron chi connectivity index (χ2n) is 5.83.